The Labute approximate surface area is 548 Å². The van der Waals surface area contributed by atoms with Crippen LogP contribution in [0.4, 0.5) is 34.1 Å². The van der Waals surface area contributed by atoms with E-state index >= 15 is 0 Å². The Morgan fingerprint density at radius 2 is 0.747 bits per heavy atom. The summed E-state index contributed by atoms with van der Waals surface area (Å²) >= 11 is 0. The van der Waals surface area contributed by atoms with Gasteiger partial charge in [0.05, 0.1) is 44.9 Å². The second kappa shape index (κ2) is 22.0. The minimum atomic E-state index is 0.00878. The summed E-state index contributed by atoms with van der Waals surface area (Å²) in [6.07, 6.45) is 0. The highest BCUT2D eigenvalue weighted by molar-refractivity contribution is 7.00. The maximum Gasteiger partial charge on any atom is 0.252 e. The first-order chi connectivity index (χ1) is 47.1. The van der Waals surface area contributed by atoms with Crippen molar-refractivity contribution in [2.24, 2.45) is 0 Å². The molecule has 8 nitrogen and oxygen atoms in total. The van der Waals surface area contributed by atoms with Crippen molar-refractivity contribution in [1.29, 1.82) is 0 Å². The van der Waals surface area contributed by atoms with Crippen LogP contribution in [0.1, 0.15) is 0 Å². The van der Waals surface area contributed by atoms with E-state index in [-0.39, 0.29) is 6.71 Å². The number of nitrogens with zero attached hydrogens (tertiary/aromatic N) is 7. The molecule has 0 radical (unpaired) electrons. The van der Waals surface area contributed by atoms with E-state index in [0.717, 1.165) is 139 Å². The van der Waals surface area contributed by atoms with E-state index in [1.54, 1.807) is 0 Å². The smallest absolute Gasteiger partial charge is 0.252 e. The molecule has 0 saturated carbocycles. The van der Waals surface area contributed by atoms with Gasteiger partial charge in [0.1, 0.15) is 11.2 Å². The third kappa shape index (κ3) is 8.92. The van der Waals surface area contributed by atoms with Crippen LogP contribution in [0.5, 0.6) is 0 Å². The van der Waals surface area contributed by atoms with E-state index in [1.165, 1.54) is 27.8 Å². The van der Waals surface area contributed by atoms with Crippen LogP contribution in [-0.2, 0) is 0 Å². The van der Waals surface area contributed by atoms with Crippen molar-refractivity contribution in [1.82, 2.24) is 24.5 Å². The van der Waals surface area contributed by atoms with Crippen LogP contribution in [0, 0.1) is 0 Å². The van der Waals surface area contributed by atoms with Gasteiger partial charge in [-0.2, -0.15) is 0 Å². The Morgan fingerprint density at radius 3 is 1.34 bits per heavy atom. The second-order valence-electron chi connectivity index (χ2n) is 24.4. The topological polar surface area (TPSA) is 76.1 Å². The molecule has 0 aliphatic carbocycles. The number of hydrogen-bond acceptors (Lipinski definition) is 7. The molecule has 0 N–H and O–H groups in total. The van der Waals surface area contributed by atoms with E-state index in [0.29, 0.717) is 11.6 Å². The molecule has 6 heterocycles. The fourth-order valence-electron chi connectivity index (χ4n) is 14.7. The van der Waals surface area contributed by atoms with E-state index in [1.807, 2.05) is 24.3 Å². The molecule has 0 saturated heterocycles. The Bertz CT molecular complexity index is 5690. The minimum Gasteiger partial charge on any atom is -0.455 e. The summed E-state index contributed by atoms with van der Waals surface area (Å²) < 4.78 is 9.21. The molecule has 2 aliphatic rings. The molecular weight excluding hydrogens is 1160 g/mol. The van der Waals surface area contributed by atoms with Crippen molar-refractivity contribution in [3.05, 3.63) is 328 Å². The molecule has 4 aromatic heterocycles. The van der Waals surface area contributed by atoms with Gasteiger partial charge in [-0.3, -0.25) is 0 Å². The average Bonchev–Trinajstić information content (AvgIpc) is 1.72. The average molecular weight is 1210 g/mol. The highest BCUT2D eigenvalue weighted by Crippen LogP contribution is 2.48. The Balaban J connectivity index is 0.819. The highest BCUT2D eigenvalue weighted by Gasteiger charge is 2.43. The van der Waals surface area contributed by atoms with Crippen molar-refractivity contribution in [2.75, 3.05) is 9.80 Å². The van der Waals surface area contributed by atoms with E-state index in [2.05, 4.69) is 318 Å². The SMILES string of the molecule is c1ccc(-c2cc(-c3ccccc3)nc(-c3ccc(-n4c5ccccc5c5c6oc7ccccc7c6ccc54)c(-c4cc(-c5ccccc5)nc(-c5ccc(-c6cc7c8c(c6)N(c6ccccc6)c6ccccc6B8c6ccccc6N7c6ccccc6)cc5)n4)c3)n2)cc1. The van der Waals surface area contributed by atoms with Gasteiger partial charge in [0.2, 0.25) is 0 Å². The molecule has 9 heteroatoms. The number of rotatable bonds is 10. The van der Waals surface area contributed by atoms with Crippen LogP contribution in [0.2, 0.25) is 0 Å². The normalized spacial score (nSPS) is 12.4. The van der Waals surface area contributed by atoms with Crippen molar-refractivity contribution >= 4 is 101 Å². The van der Waals surface area contributed by atoms with Gasteiger partial charge < -0.3 is 18.8 Å². The summed E-state index contributed by atoms with van der Waals surface area (Å²) in [5.41, 5.74) is 26.2. The quantitative estimate of drug-likeness (QED) is 0.126. The maximum atomic E-state index is 6.84. The molecule has 0 atom stereocenters. The van der Waals surface area contributed by atoms with Crippen LogP contribution in [0.25, 0.3) is 128 Å². The van der Waals surface area contributed by atoms with Crippen molar-refractivity contribution in [3.63, 3.8) is 0 Å². The first-order valence-electron chi connectivity index (χ1n) is 32.2. The fourth-order valence-corrected chi connectivity index (χ4v) is 14.7. The van der Waals surface area contributed by atoms with E-state index < -0.39 is 0 Å². The standard InChI is InChI=1S/C86H54BN7O/c1-6-24-56(25-7-1)70-53-71(57-26-8-2-9-27-57)90-86(89-70)60-46-48-75(94-74-38-20-16-35-66(74)82-78(94)49-47-65-64-34-17-23-41-81(64)95-84(65)82)67(50-60)73-54-72(58-28-10-3-11-29-58)88-85(91-73)59-44-42-55(43-45-59)61-51-79-83-80(52-61)93(63-32-14-5-15-33-63)77-40-22-19-37-69(77)87(83)68-36-18-21-39-76(68)92(79)62-30-12-4-13-31-62/h1-54H. The zero-order valence-corrected chi connectivity index (χ0v) is 51.3. The molecule has 17 aromatic rings. The molecule has 0 fully saturated rings. The number of furan rings is 1. The summed E-state index contributed by atoms with van der Waals surface area (Å²) in [4.78, 5) is 26.9. The molecule has 13 aromatic carbocycles. The van der Waals surface area contributed by atoms with E-state index in [9.17, 15) is 0 Å². The van der Waals surface area contributed by atoms with Gasteiger partial charge in [-0.1, -0.05) is 224 Å². The first kappa shape index (κ1) is 54.1. The number of hydrogen-bond donors (Lipinski definition) is 0. The Kier molecular flexibility index (Phi) is 12.5. The third-order valence-electron chi connectivity index (χ3n) is 19.0. The molecule has 2 aliphatic heterocycles. The number of anilines is 6. The van der Waals surface area contributed by atoms with Crippen molar-refractivity contribution in [3.8, 4) is 84.6 Å². The summed E-state index contributed by atoms with van der Waals surface area (Å²) in [7, 11) is 0. The van der Waals surface area contributed by atoms with Crippen molar-refractivity contribution < 1.29 is 4.42 Å². The molecule has 0 unspecified atom stereocenters. The van der Waals surface area contributed by atoms with Gasteiger partial charge in [-0.25, -0.2) is 19.9 Å². The third-order valence-corrected chi connectivity index (χ3v) is 19.0. The lowest BCUT2D eigenvalue weighted by atomic mass is 9.33. The molecule has 442 valence electrons. The van der Waals surface area contributed by atoms with Crippen LogP contribution in [0.3, 0.4) is 0 Å². The van der Waals surface area contributed by atoms with Crippen LogP contribution < -0.4 is 26.2 Å². The van der Waals surface area contributed by atoms with Gasteiger partial charge in [0.15, 0.2) is 11.6 Å². The van der Waals surface area contributed by atoms with Gasteiger partial charge in [-0.05, 0) is 131 Å². The predicted octanol–water partition coefficient (Wildman–Crippen LogP) is 20.0. The Hall–Kier alpha value is -12.7. The minimum absolute atomic E-state index is 0.00878. The molecule has 0 bridgehead atoms. The number of benzene rings is 13. The number of fused-ring (bicyclic) bond motifs is 11. The van der Waals surface area contributed by atoms with Gasteiger partial charge in [0.25, 0.3) is 6.71 Å². The van der Waals surface area contributed by atoms with Gasteiger partial charge in [-0.15, -0.1) is 0 Å². The first-order valence-corrected chi connectivity index (χ1v) is 32.2. The lowest BCUT2D eigenvalue weighted by Crippen LogP contribution is -2.61. The van der Waals surface area contributed by atoms with E-state index in [4.69, 9.17) is 24.4 Å². The monoisotopic (exact) mass is 1210 g/mol. The number of aromatic nitrogens is 5. The summed E-state index contributed by atoms with van der Waals surface area (Å²) in [5, 5.41) is 4.29. The van der Waals surface area contributed by atoms with Crippen LogP contribution in [-0.4, -0.2) is 31.2 Å². The molecular formula is C86H54BN7O. The summed E-state index contributed by atoms with van der Waals surface area (Å²) in [6, 6.07) is 116. The van der Waals surface area contributed by atoms with Crippen LogP contribution >= 0.6 is 0 Å². The summed E-state index contributed by atoms with van der Waals surface area (Å²) in [5.74, 6) is 1.18. The van der Waals surface area contributed by atoms with Gasteiger partial charge in [0, 0.05) is 83.7 Å². The van der Waals surface area contributed by atoms with Crippen LogP contribution in [0.15, 0.2) is 332 Å². The molecule has 0 amide bonds. The highest BCUT2D eigenvalue weighted by atomic mass is 16.3. The molecule has 95 heavy (non-hydrogen) atoms. The largest absolute Gasteiger partial charge is 0.455 e. The summed E-state index contributed by atoms with van der Waals surface area (Å²) in [6.45, 7) is 0.00878. The Morgan fingerprint density at radius 1 is 0.284 bits per heavy atom. The lowest BCUT2D eigenvalue weighted by Gasteiger charge is -2.44. The second-order valence-corrected chi connectivity index (χ2v) is 24.4. The molecule has 0 spiro atoms. The van der Waals surface area contributed by atoms with Crippen molar-refractivity contribution in [2.45, 2.75) is 0 Å². The predicted molar refractivity (Wildman–Crippen MR) is 391 cm³/mol. The maximum absolute atomic E-state index is 6.84. The number of para-hydroxylation sites is 6. The zero-order valence-electron chi connectivity index (χ0n) is 51.3. The molecule has 19 rings (SSSR count). The lowest BCUT2D eigenvalue weighted by molar-refractivity contribution is 0.673. The zero-order chi connectivity index (χ0) is 62.5. The van der Waals surface area contributed by atoms with Gasteiger partial charge >= 0.3 is 0 Å². The fraction of sp³-hybridized carbons (Fsp3) is 0.